The molecule has 35 heavy (non-hydrogen) atoms. The van der Waals surface area contributed by atoms with Gasteiger partial charge in [0.2, 0.25) is 0 Å². The van der Waals surface area contributed by atoms with Crippen LogP contribution >= 0.6 is 0 Å². The molecule has 0 aliphatic carbocycles. The highest BCUT2D eigenvalue weighted by atomic mass is 19.1. The molecule has 0 radical (unpaired) electrons. The van der Waals surface area contributed by atoms with Crippen LogP contribution in [-0.2, 0) is 0 Å². The number of fused-ring (bicyclic) bond motifs is 1. The van der Waals surface area contributed by atoms with Gasteiger partial charge in [-0.2, -0.15) is 9.78 Å². The summed E-state index contributed by atoms with van der Waals surface area (Å²) < 4.78 is 15.2. The number of rotatable bonds is 6. The molecule has 2 aromatic heterocycles. The van der Waals surface area contributed by atoms with Crippen molar-refractivity contribution in [1.82, 2.24) is 25.0 Å². The Hall–Kier alpha value is -3.58. The van der Waals surface area contributed by atoms with E-state index in [1.165, 1.54) is 43.1 Å². The third-order valence-electron chi connectivity index (χ3n) is 6.69. The second-order valence-corrected chi connectivity index (χ2v) is 9.18. The van der Waals surface area contributed by atoms with Gasteiger partial charge in [-0.1, -0.05) is 18.6 Å². The summed E-state index contributed by atoms with van der Waals surface area (Å²) in [4.78, 5) is 19.8. The van der Waals surface area contributed by atoms with Crippen molar-refractivity contribution < 1.29 is 9.18 Å². The zero-order chi connectivity index (χ0) is 24.2. The van der Waals surface area contributed by atoms with Crippen LogP contribution in [0.2, 0.25) is 0 Å². The van der Waals surface area contributed by atoms with Crippen LogP contribution < -0.4 is 5.32 Å². The minimum atomic E-state index is -0.232. The fraction of sp³-hybridized carbons (Fsp3) is 0.321. The number of aryl methyl sites for hydroxylation is 1. The summed E-state index contributed by atoms with van der Waals surface area (Å²) in [7, 11) is 0. The number of pyridine rings is 1. The van der Waals surface area contributed by atoms with Crippen LogP contribution in [0.3, 0.4) is 0 Å². The van der Waals surface area contributed by atoms with Gasteiger partial charge in [0.25, 0.3) is 0 Å². The average molecular weight is 472 g/mol. The molecule has 1 fully saturated rings. The number of likely N-dealkylation sites (tertiary alicyclic amines) is 1. The molecule has 6 nitrogen and oxygen atoms in total. The van der Waals surface area contributed by atoms with Gasteiger partial charge in [0.1, 0.15) is 5.82 Å². The number of piperidine rings is 1. The second-order valence-electron chi connectivity index (χ2n) is 9.18. The number of nitrogens with zero attached hydrogens (tertiary/aromatic N) is 4. The molecular weight excluding hydrogens is 441 g/mol. The summed E-state index contributed by atoms with van der Waals surface area (Å²) in [6.45, 7) is 5.73. The summed E-state index contributed by atoms with van der Waals surface area (Å²) in [5, 5.41) is 8.21. The van der Waals surface area contributed by atoms with E-state index in [-0.39, 0.29) is 11.8 Å². The van der Waals surface area contributed by atoms with Crippen molar-refractivity contribution in [3.8, 4) is 22.4 Å². The van der Waals surface area contributed by atoms with Crippen LogP contribution in [0.15, 0.2) is 60.9 Å². The minimum Gasteiger partial charge on any atom is -0.336 e. The van der Waals surface area contributed by atoms with Crippen molar-refractivity contribution in [2.45, 2.75) is 32.6 Å². The number of benzene rings is 2. The Balaban J connectivity index is 1.32. The first-order chi connectivity index (χ1) is 17.1. The molecule has 1 N–H and O–H groups in total. The van der Waals surface area contributed by atoms with Crippen molar-refractivity contribution >= 4 is 16.9 Å². The smallest absolute Gasteiger partial charge is 0.336 e. The van der Waals surface area contributed by atoms with Gasteiger partial charge < -0.3 is 10.2 Å². The molecule has 0 spiro atoms. The van der Waals surface area contributed by atoms with Crippen LogP contribution in [0.4, 0.5) is 9.18 Å². The number of aromatic nitrogens is 3. The quantitative estimate of drug-likeness (QED) is 0.369. The van der Waals surface area contributed by atoms with Crippen LogP contribution in [-0.4, -0.2) is 51.9 Å². The van der Waals surface area contributed by atoms with Gasteiger partial charge in [0, 0.05) is 29.3 Å². The van der Waals surface area contributed by atoms with E-state index in [0.29, 0.717) is 12.1 Å². The maximum atomic E-state index is 13.8. The zero-order valence-corrected chi connectivity index (χ0v) is 20.0. The summed E-state index contributed by atoms with van der Waals surface area (Å²) in [5.41, 5.74) is 4.88. The van der Waals surface area contributed by atoms with Crippen molar-refractivity contribution in [3.63, 3.8) is 0 Å². The lowest BCUT2D eigenvalue weighted by Crippen LogP contribution is -2.34. The van der Waals surface area contributed by atoms with E-state index in [1.807, 2.05) is 36.4 Å². The molecule has 4 aromatic rings. The summed E-state index contributed by atoms with van der Waals surface area (Å²) in [5.74, 6) is -0.232. The first-order valence-corrected chi connectivity index (χ1v) is 12.3. The molecule has 1 aliphatic rings. The number of nitrogens with one attached hydrogen (secondary N) is 1. The lowest BCUT2D eigenvalue weighted by atomic mass is 9.97. The Labute approximate surface area is 204 Å². The van der Waals surface area contributed by atoms with E-state index < -0.39 is 0 Å². The number of hydrogen-bond acceptors (Lipinski definition) is 4. The van der Waals surface area contributed by atoms with E-state index in [1.54, 1.807) is 25.4 Å². The lowest BCUT2D eigenvalue weighted by Gasteiger charge is -2.26. The van der Waals surface area contributed by atoms with Crippen LogP contribution in [0.1, 0.15) is 31.2 Å². The van der Waals surface area contributed by atoms with Gasteiger partial charge in [0.15, 0.2) is 0 Å². The first kappa shape index (κ1) is 23.2. The molecule has 0 saturated carbocycles. The molecular formula is C28H30FN5O. The summed E-state index contributed by atoms with van der Waals surface area (Å²) in [6.07, 6.45) is 8.26. The highest BCUT2D eigenvalue weighted by molar-refractivity contribution is 5.93. The molecule has 0 atom stereocenters. The van der Waals surface area contributed by atoms with Crippen LogP contribution in [0, 0.1) is 12.7 Å². The highest BCUT2D eigenvalue weighted by Crippen LogP contribution is 2.32. The summed E-state index contributed by atoms with van der Waals surface area (Å²) in [6, 6.07) is 14.6. The Kier molecular flexibility index (Phi) is 6.86. The van der Waals surface area contributed by atoms with Crippen molar-refractivity contribution in [2.75, 3.05) is 26.2 Å². The molecule has 180 valence electrons. The van der Waals surface area contributed by atoms with E-state index in [9.17, 15) is 9.18 Å². The fourth-order valence-electron chi connectivity index (χ4n) is 4.78. The maximum Gasteiger partial charge on any atom is 0.342 e. The van der Waals surface area contributed by atoms with Gasteiger partial charge in [-0.3, -0.25) is 4.98 Å². The molecule has 1 aliphatic heterocycles. The predicted octanol–water partition coefficient (Wildman–Crippen LogP) is 5.65. The summed E-state index contributed by atoms with van der Waals surface area (Å²) >= 11 is 0. The van der Waals surface area contributed by atoms with E-state index in [4.69, 9.17) is 0 Å². The topological polar surface area (TPSA) is 63.1 Å². The predicted molar refractivity (Wildman–Crippen MR) is 137 cm³/mol. The third-order valence-corrected chi connectivity index (χ3v) is 6.69. The van der Waals surface area contributed by atoms with Crippen molar-refractivity contribution in [3.05, 3.63) is 72.3 Å². The molecule has 7 heteroatoms. The van der Waals surface area contributed by atoms with Gasteiger partial charge in [0.05, 0.1) is 17.4 Å². The normalized spacial score (nSPS) is 14.3. The van der Waals surface area contributed by atoms with Crippen molar-refractivity contribution in [1.29, 1.82) is 0 Å². The zero-order valence-electron chi connectivity index (χ0n) is 20.0. The van der Waals surface area contributed by atoms with Gasteiger partial charge in [-0.05, 0) is 93.3 Å². The molecule has 0 bridgehead atoms. The SMILES string of the molecule is Cc1cc(-c2ncccc2-c2ccc3c(cnn3C(=O)NCCCN3CCCCC3)c2)ccc1F. The molecule has 0 unspecified atom stereocenters. The number of carbonyl (C=O) groups excluding carboxylic acids is 1. The third kappa shape index (κ3) is 5.10. The lowest BCUT2D eigenvalue weighted by molar-refractivity contribution is 0.222. The Morgan fingerprint density at radius 3 is 2.71 bits per heavy atom. The Morgan fingerprint density at radius 1 is 1.06 bits per heavy atom. The largest absolute Gasteiger partial charge is 0.342 e. The number of hydrogen-bond donors (Lipinski definition) is 1. The molecule has 3 heterocycles. The number of halogens is 1. The monoisotopic (exact) mass is 471 g/mol. The Morgan fingerprint density at radius 2 is 1.89 bits per heavy atom. The van der Waals surface area contributed by atoms with E-state index in [0.717, 1.165) is 46.3 Å². The number of carbonyl (C=O) groups is 1. The standard InChI is InChI=1S/C28H30FN5O/c1-20-17-22(8-10-25(20)29)27-24(7-5-12-30-27)21-9-11-26-23(18-21)19-32-34(26)28(35)31-13-6-16-33-14-3-2-4-15-33/h5,7-12,17-19H,2-4,6,13-16H2,1H3,(H,31,35). The van der Waals surface area contributed by atoms with Gasteiger partial charge in [-0.25, -0.2) is 9.18 Å². The molecule has 5 rings (SSSR count). The van der Waals surface area contributed by atoms with Gasteiger partial charge in [-0.15, -0.1) is 0 Å². The first-order valence-electron chi connectivity index (χ1n) is 12.3. The fourth-order valence-corrected chi connectivity index (χ4v) is 4.78. The highest BCUT2D eigenvalue weighted by Gasteiger charge is 2.15. The van der Waals surface area contributed by atoms with E-state index >= 15 is 0 Å². The maximum absolute atomic E-state index is 13.8. The van der Waals surface area contributed by atoms with Crippen LogP contribution in [0.5, 0.6) is 0 Å². The molecule has 1 saturated heterocycles. The van der Waals surface area contributed by atoms with Crippen molar-refractivity contribution in [2.24, 2.45) is 0 Å². The van der Waals surface area contributed by atoms with Gasteiger partial charge >= 0.3 is 6.03 Å². The van der Waals surface area contributed by atoms with E-state index in [2.05, 4.69) is 20.3 Å². The molecule has 2 aromatic carbocycles. The second kappa shape index (κ2) is 10.4. The van der Waals surface area contributed by atoms with Crippen LogP contribution in [0.25, 0.3) is 33.3 Å². The number of amides is 1. The Bertz CT molecular complexity index is 1340. The minimum absolute atomic E-state index is 0.213. The molecule has 1 amide bonds. The average Bonchev–Trinajstić information content (AvgIpc) is 3.32.